The van der Waals surface area contributed by atoms with E-state index < -0.39 is 0 Å². The Labute approximate surface area is 829 Å². The number of aliphatic hydroxyl groups is 1. The monoisotopic (exact) mass is 2430 g/mol. The molecule has 0 spiro atoms. The SMILES string of the molecule is CC(=O)C=C(C)O.Cc1cc(-c2[c-]cccc2)ncc1-c1ccccc1.Cc1ccc(-c2[c-]cccc2)nc1.Cc1ccc(-c2[c-]cccc2)nc1.Cc1cccc(-c2ccc(-c3[c-]cccc3)nc2)c1.Cc1cccc2c1oc1c(-c3cc(-c4ccccc4)ccn3)[c-]ccc12.Cc1ccnc(-c2[c-]ccc(-c3ccccc3)c2)c1.[Ir].[Ir].[Ir].[Ir].[c-]1ccccc1-c1ccccn1. The Morgan fingerprint density at radius 3 is 1.17 bits per heavy atom. The quantitative estimate of drug-likeness (QED) is 0.0714. The van der Waals surface area contributed by atoms with Crippen molar-refractivity contribution >= 4 is 27.7 Å². The molecule has 132 heavy (non-hydrogen) atoms. The van der Waals surface area contributed by atoms with E-state index in [0.29, 0.717) is 0 Å². The molecule has 0 saturated heterocycles. The minimum Gasteiger partial charge on any atom is -0.512 e. The molecule has 14 heteroatoms. The minimum absolute atomic E-state index is 0. The number of aryl methyl sites for hydroxylation is 6. The van der Waals surface area contributed by atoms with Crippen LogP contribution in [0.2, 0.25) is 0 Å². The molecule has 0 saturated carbocycles. The first-order valence-electron chi connectivity index (χ1n) is 42.0. The van der Waals surface area contributed by atoms with Crippen LogP contribution in [0.15, 0.2) is 430 Å². The van der Waals surface area contributed by atoms with Gasteiger partial charge in [0, 0.05) is 141 Å². The van der Waals surface area contributed by atoms with Gasteiger partial charge in [-0.2, -0.15) is 0 Å². The van der Waals surface area contributed by atoms with Crippen LogP contribution in [0.4, 0.5) is 0 Å². The van der Waals surface area contributed by atoms with Gasteiger partial charge in [0.15, 0.2) is 5.78 Å². The Hall–Kier alpha value is -13.7. The number of aliphatic hydroxyl groups excluding tert-OH is 1. The van der Waals surface area contributed by atoms with Crippen molar-refractivity contribution in [2.75, 3.05) is 0 Å². The zero-order chi connectivity index (χ0) is 89.0. The number of benzene rings is 12. The van der Waals surface area contributed by atoms with Crippen LogP contribution in [0.25, 0.3) is 145 Å². The number of pyridine rings is 7. The molecule has 12 aromatic carbocycles. The molecule has 8 heterocycles. The molecule has 0 fully saturated rings. The molecule has 20 aromatic rings. The predicted octanol–water partition coefficient (Wildman–Crippen LogP) is 29.3. The summed E-state index contributed by atoms with van der Waals surface area (Å²) < 4.78 is 6.24. The van der Waals surface area contributed by atoms with Crippen LogP contribution in [0.1, 0.15) is 47.2 Å². The first kappa shape index (κ1) is 102. The summed E-state index contributed by atoms with van der Waals surface area (Å²) in [7, 11) is 0. The number of hydrogen-bond acceptors (Lipinski definition) is 10. The van der Waals surface area contributed by atoms with Crippen LogP contribution in [0.3, 0.4) is 0 Å². The summed E-state index contributed by atoms with van der Waals surface area (Å²) in [5.41, 5.74) is 32.2. The number of carbonyl (C=O) groups is 1. The third-order valence-electron chi connectivity index (χ3n) is 20.0. The maximum atomic E-state index is 10.0. The van der Waals surface area contributed by atoms with Gasteiger partial charge in [0.25, 0.3) is 0 Å². The van der Waals surface area contributed by atoms with Gasteiger partial charge in [-0.1, -0.05) is 222 Å². The van der Waals surface area contributed by atoms with Crippen molar-refractivity contribution in [2.45, 2.75) is 55.4 Å². The Bertz CT molecular complexity index is 6750. The smallest absolute Gasteiger partial charge is 0.155 e. The number of rotatable bonds is 12. The van der Waals surface area contributed by atoms with Crippen molar-refractivity contribution in [3.05, 3.63) is 501 Å². The molecule has 662 valence electrons. The number of allylic oxidation sites excluding steroid dienone is 2. The van der Waals surface area contributed by atoms with E-state index in [4.69, 9.17) is 9.52 Å². The number of furan rings is 1. The molecule has 1 N–H and O–H groups in total. The van der Waals surface area contributed by atoms with E-state index in [0.717, 1.165) is 117 Å². The molecule has 0 atom stereocenters. The van der Waals surface area contributed by atoms with Crippen molar-refractivity contribution < 1.29 is 94.7 Å². The number of nitrogens with zero attached hydrogens (tertiary/aromatic N) is 7. The molecule has 0 aliphatic carbocycles. The van der Waals surface area contributed by atoms with Crippen LogP contribution in [0.5, 0.6) is 0 Å². The van der Waals surface area contributed by atoms with Crippen molar-refractivity contribution in [2.24, 2.45) is 0 Å². The normalized spacial score (nSPS) is 10.1. The van der Waals surface area contributed by atoms with Gasteiger partial charge < -0.3 is 44.4 Å². The summed E-state index contributed by atoms with van der Waals surface area (Å²) in [5, 5.41) is 10.6. The van der Waals surface area contributed by atoms with Crippen LogP contribution in [-0.4, -0.2) is 45.8 Å². The van der Waals surface area contributed by atoms with Gasteiger partial charge in [-0.3, -0.25) is 4.79 Å². The number of carbonyl (C=O) groups excluding carboxylic acids is 1. The Kier molecular flexibility index (Phi) is 41.3. The summed E-state index contributed by atoms with van der Waals surface area (Å²) in [6, 6.07) is 146. The summed E-state index contributed by atoms with van der Waals surface area (Å²) in [6.07, 6.45) is 14.3. The van der Waals surface area contributed by atoms with Crippen LogP contribution < -0.4 is 0 Å². The minimum atomic E-state index is -0.125. The summed E-state index contributed by atoms with van der Waals surface area (Å²) >= 11 is 0. The Balaban J connectivity index is 0.000000173. The third-order valence-corrected chi connectivity index (χ3v) is 20.0. The van der Waals surface area contributed by atoms with E-state index >= 15 is 0 Å². The van der Waals surface area contributed by atoms with E-state index in [1.807, 2.05) is 275 Å². The van der Waals surface area contributed by atoms with Crippen molar-refractivity contribution in [3.8, 4) is 123 Å². The van der Waals surface area contributed by atoms with Crippen LogP contribution in [-0.2, 0) is 85.2 Å². The summed E-state index contributed by atoms with van der Waals surface area (Å²) in [5.74, 6) is -0.0625. The fourth-order valence-corrected chi connectivity index (χ4v) is 13.6. The van der Waals surface area contributed by atoms with Crippen molar-refractivity contribution in [3.63, 3.8) is 0 Å². The van der Waals surface area contributed by atoms with Gasteiger partial charge in [0.1, 0.15) is 5.58 Å². The fourth-order valence-electron chi connectivity index (χ4n) is 13.6. The Morgan fingerprint density at radius 1 is 0.273 bits per heavy atom. The van der Waals surface area contributed by atoms with Gasteiger partial charge in [-0.15, -0.1) is 233 Å². The van der Waals surface area contributed by atoms with Crippen LogP contribution >= 0.6 is 0 Å². The average Bonchev–Trinajstić information content (AvgIpc) is 1.61. The number of fused-ring (bicyclic) bond motifs is 3. The van der Waals surface area contributed by atoms with E-state index in [9.17, 15) is 4.79 Å². The second-order valence-electron chi connectivity index (χ2n) is 30.0. The molecular weight excluding hydrogens is 2330 g/mol. The number of hydrogen-bond donors (Lipinski definition) is 1. The van der Waals surface area contributed by atoms with E-state index in [2.05, 4.69) is 251 Å². The third kappa shape index (κ3) is 30.5. The average molecular weight is 2430 g/mol. The molecular formula is C118H94Ir4N7O3-7. The predicted molar refractivity (Wildman–Crippen MR) is 524 cm³/mol. The number of aromatic nitrogens is 7. The van der Waals surface area contributed by atoms with E-state index in [1.54, 1.807) is 6.20 Å². The molecule has 0 bridgehead atoms. The van der Waals surface area contributed by atoms with E-state index in [1.165, 1.54) is 81.1 Å². The second kappa shape index (κ2) is 53.4. The molecule has 0 amide bonds. The van der Waals surface area contributed by atoms with Gasteiger partial charge in [-0.25, -0.2) is 0 Å². The second-order valence-corrected chi connectivity index (χ2v) is 30.0. The van der Waals surface area contributed by atoms with Gasteiger partial charge in [-0.05, 0) is 169 Å². The van der Waals surface area contributed by atoms with E-state index in [-0.39, 0.29) is 92.0 Å². The van der Waals surface area contributed by atoms with Gasteiger partial charge >= 0.3 is 0 Å². The van der Waals surface area contributed by atoms with Gasteiger partial charge in [0.05, 0.1) is 11.3 Å². The maximum absolute atomic E-state index is 10.0. The molecule has 20 rings (SSSR count). The molecule has 0 aliphatic heterocycles. The molecule has 8 aromatic heterocycles. The Morgan fingerprint density at radius 2 is 0.697 bits per heavy atom. The summed E-state index contributed by atoms with van der Waals surface area (Å²) in [6.45, 7) is 15.3. The zero-order valence-electron chi connectivity index (χ0n) is 74.1. The van der Waals surface area contributed by atoms with Crippen molar-refractivity contribution in [1.29, 1.82) is 0 Å². The standard InChI is InChI=1S/C24H16NO.3C18H14N.2C12H10N.C11H8N.C5H8O2.4Ir/c1-16-7-5-10-19-20-11-6-12-21(24(20)26-23(16)19)22-15-18(13-14-25-22)17-8-3-2-4-9-17;1-14-12-18(16-10-6-3-7-11-16)19-13-17(14)15-8-4-2-5-9-15;1-14-6-5-9-16(12-14)17-10-11-18(19-13-17)15-7-3-2-4-8-15;1-14-10-11-19-18(12-14)17-9-5-8-16(13-17)15-6-3-2-4-7-15;2*1-10-7-8-12(13-9-10)11-5-3-2-4-6-11;1-2-6-10(7-3-1)11-8-4-5-9-12-11;1-4(6)3-5(2)7;;;;/h2-11,13-15H,1H3;2-10,12-13H,1H3;2-7,9-13H,1H3;2-8,10-13H,1H3;2*2-5,7-9H,1H3;1-6,8-9H;3,6H,1-2H3;;;;/q7*-1;;;;;. The fraction of sp³-hybridized carbons (Fsp3) is 0.0678. The molecule has 10 nitrogen and oxygen atoms in total. The largest absolute Gasteiger partial charge is 0.512 e. The van der Waals surface area contributed by atoms with Gasteiger partial charge in [0.2, 0.25) is 0 Å². The number of para-hydroxylation sites is 1. The summed E-state index contributed by atoms with van der Waals surface area (Å²) in [4.78, 5) is 40.9. The van der Waals surface area contributed by atoms with Crippen LogP contribution in [0, 0.1) is 84.0 Å². The molecule has 0 aliphatic rings. The topological polar surface area (TPSA) is 141 Å². The molecule has 4 radical (unpaired) electrons. The first-order valence-corrected chi connectivity index (χ1v) is 42.0. The zero-order valence-corrected chi connectivity index (χ0v) is 83.6. The molecule has 0 unspecified atom stereocenters. The maximum Gasteiger partial charge on any atom is 0.155 e. The number of ketones is 1. The first-order chi connectivity index (χ1) is 62.6. The van der Waals surface area contributed by atoms with Crippen molar-refractivity contribution in [1.82, 2.24) is 34.9 Å².